The van der Waals surface area contributed by atoms with Crippen LogP contribution in [0.4, 0.5) is 5.95 Å². The van der Waals surface area contributed by atoms with Crippen molar-refractivity contribution in [2.45, 2.75) is 19.4 Å². The lowest BCUT2D eigenvalue weighted by molar-refractivity contribution is 0.503. The number of hydrogen-bond donors (Lipinski definition) is 1. The second-order valence-corrected chi connectivity index (χ2v) is 6.59. The van der Waals surface area contributed by atoms with Gasteiger partial charge in [0.15, 0.2) is 0 Å². The number of anilines is 1. The zero-order valence-corrected chi connectivity index (χ0v) is 14.8. The Kier molecular flexibility index (Phi) is 5.37. The van der Waals surface area contributed by atoms with Gasteiger partial charge < -0.3 is 15.5 Å². The molecule has 1 aromatic heterocycles. The summed E-state index contributed by atoms with van der Waals surface area (Å²) in [6.45, 7) is 3.26. The van der Waals surface area contributed by atoms with E-state index >= 15 is 0 Å². The molecule has 6 heteroatoms. The van der Waals surface area contributed by atoms with Crippen molar-refractivity contribution in [3.8, 4) is 11.1 Å². The van der Waals surface area contributed by atoms with E-state index in [0.717, 1.165) is 41.7 Å². The van der Waals surface area contributed by atoms with E-state index in [9.17, 15) is 0 Å². The van der Waals surface area contributed by atoms with Crippen LogP contribution in [0.2, 0.25) is 0 Å². The first kappa shape index (κ1) is 16.8. The molecule has 1 aliphatic rings. The maximum absolute atomic E-state index is 5.61. The minimum Gasteiger partial charge on any atom is -0.364 e. The molecule has 1 saturated heterocycles. The maximum atomic E-state index is 5.61. The normalized spacial score (nSPS) is 14.0. The van der Waals surface area contributed by atoms with Crippen LogP contribution >= 0.6 is 12.2 Å². The highest BCUT2D eigenvalue weighted by atomic mass is 32.1. The molecule has 24 heavy (non-hydrogen) atoms. The van der Waals surface area contributed by atoms with Gasteiger partial charge in [-0.3, -0.25) is 0 Å². The van der Waals surface area contributed by atoms with Crippen molar-refractivity contribution >= 4 is 23.2 Å². The van der Waals surface area contributed by atoms with Crippen molar-refractivity contribution < 1.29 is 0 Å². The summed E-state index contributed by atoms with van der Waals surface area (Å²) in [6, 6.07) is 8.39. The predicted octanol–water partition coefficient (Wildman–Crippen LogP) is 2.46. The van der Waals surface area contributed by atoms with Gasteiger partial charge in [0.1, 0.15) is 0 Å². The van der Waals surface area contributed by atoms with Crippen LogP contribution in [0.15, 0.2) is 36.7 Å². The minimum atomic E-state index is 0.400. The number of likely N-dealkylation sites (N-methyl/N-ethyl adjacent to an activating group) is 1. The van der Waals surface area contributed by atoms with Crippen molar-refractivity contribution in [2.24, 2.45) is 5.73 Å². The van der Waals surface area contributed by atoms with Crippen LogP contribution in [0.25, 0.3) is 11.1 Å². The molecule has 2 heterocycles. The predicted molar refractivity (Wildman–Crippen MR) is 102 cm³/mol. The summed E-state index contributed by atoms with van der Waals surface area (Å²) in [5.74, 6) is 0.834. The molecule has 2 aromatic rings. The second kappa shape index (κ2) is 7.68. The molecule has 5 nitrogen and oxygen atoms in total. The first-order chi connectivity index (χ1) is 11.7. The van der Waals surface area contributed by atoms with Gasteiger partial charge in [-0.25, -0.2) is 9.97 Å². The highest BCUT2D eigenvalue weighted by Gasteiger charge is 2.14. The Morgan fingerprint density at radius 3 is 2.58 bits per heavy atom. The number of rotatable bonds is 5. The summed E-state index contributed by atoms with van der Waals surface area (Å²) in [5, 5.41) is 0. The van der Waals surface area contributed by atoms with Crippen LogP contribution in [-0.2, 0) is 6.54 Å². The van der Waals surface area contributed by atoms with Crippen LogP contribution in [-0.4, -0.2) is 46.5 Å². The highest BCUT2D eigenvalue weighted by Crippen LogP contribution is 2.22. The Morgan fingerprint density at radius 1 is 1.21 bits per heavy atom. The Morgan fingerprint density at radius 2 is 1.92 bits per heavy atom. The average Bonchev–Trinajstić information content (AvgIpc) is 3.16. The van der Waals surface area contributed by atoms with Crippen LogP contribution in [0.3, 0.4) is 0 Å². The molecule has 126 valence electrons. The van der Waals surface area contributed by atoms with Crippen molar-refractivity contribution in [3.63, 3.8) is 0 Å². The van der Waals surface area contributed by atoms with E-state index in [2.05, 4.69) is 39.1 Å². The first-order valence-electron chi connectivity index (χ1n) is 8.27. The second-order valence-electron chi connectivity index (χ2n) is 6.12. The zero-order valence-electron chi connectivity index (χ0n) is 14.0. The van der Waals surface area contributed by atoms with Gasteiger partial charge in [-0.1, -0.05) is 30.4 Å². The fourth-order valence-corrected chi connectivity index (χ4v) is 2.98. The molecule has 0 unspecified atom stereocenters. The third-order valence-corrected chi connectivity index (χ3v) is 4.79. The van der Waals surface area contributed by atoms with Gasteiger partial charge in [0.2, 0.25) is 5.95 Å². The summed E-state index contributed by atoms with van der Waals surface area (Å²) < 4.78 is 0. The summed E-state index contributed by atoms with van der Waals surface area (Å²) in [5.41, 5.74) is 8.95. The summed E-state index contributed by atoms with van der Waals surface area (Å²) in [6.07, 6.45) is 6.28. The van der Waals surface area contributed by atoms with Gasteiger partial charge in [-0.05, 0) is 30.0 Å². The van der Waals surface area contributed by atoms with E-state index in [1.807, 2.05) is 24.3 Å². The fourth-order valence-electron chi connectivity index (χ4n) is 2.92. The van der Waals surface area contributed by atoms with E-state index in [1.54, 1.807) is 0 Å². The van der Waals surface area contributed by atoms with Crippen LogP contribution in [0, 0.1) is 0 Å². The van der Waals surface area contributed by atoms with Gasteiger partial charge >= 0.3 is 0 Å². The molecule has 0 radical (unpaired) electrons. The molecule has 0 spiro atoms. The number of nitrogens with two attached hydrogens (primary N) is 1. The number of nitrogens with zero attached hydrogens (tertiary/aromatic N) is 4. The summed E-state index contributed by atoms with van der Waals surface area (Å²) in [7, 11) is 1.97. The fraction of sp³-hybridized carbons (Fsp3) is 0.389. The SMILES string of the molecule is CN(Cc1cccc(-c2cnc(N3CCCC3)nc2)c1)C(=S)CN. The van der Waals surface area contributed by atoms with Crippen LogP contribution < -0.4 is 10.6 Å². The van der Waals surface area contributed by atoms with Crippen LogP contribution in [0.5, 0.6) is 0 Å². The highest BCUT2D eigenvalue weighted by molar-refractivity contribution is 7.80. The lowest BCUT2D eigenvalue weighted by Gasteiger charge is -2.19. The van der Waals surface area contributed by atoms with Gasteiger partial charge in [-0.2, -0.15) is 0 Å². The molecule has 0 aliphatic carbocycles. The maximum Gasteiger partial charge on any atom is 0.225 e. The van der Waals surface area contributed by atoms with Gasteiger partial charge in [0.05, 0.1) is 4.99 Å². The van der Waals surface area contributed by atoms with Crippen molar-refractivity contribution in [1.29, 1.82) is 0 Å². The molecule has 0 amide bonds. The van der Waals surface area contributed by atoms with Gasteiger partial charge in [-0.15, -0.1) is 0 Å². The van der Waals surface area contributed by atoms with E-state index in [1.165, 1.54) is 18.4 Å². The molecule has 1 fully saturated rings. The molecule has 0 bridgehead atoms. The van der Waals surface area contributed by atoms with E-state index in [-0.39, 0.29) is 0 Å². The van der Waals surface area contributed by atoms with Crippen LogP contribution in [0.1, 0.15) is 18.4 Å². The molecule has 0 saturated carbocycles. The van der Waals surface area contributed by atoms with E-state index in [4.69, 9.17) is 18.0 Å². The number of aromatic nitrogens is 2. The largest absolute Gasteiger partial charge is 0.364 e. The van der Waals surface area contributed by atoms with Gasteiger partial charge in [0, 0.05) is 51.2 Å². The molecular weight excluding hydrogens is 318 g/mol. The Bertz CT molecular complexity index is 695. The topological polar surface area (TPSA) is 58.3 Å². The number of benzene rings is 1. The molecule has 3 rings (SSSR count). The number of thiocarbonyl (C=S) groups is 1. The zero-order chi connectivity index (χ0) is 16.9. The lowest BCUT2D eigenvalue weighted by atomic mass is 10.1. The Labute approximate surface area is 148 Å². The first-order valence-corrected chi connectivity index (χ1v) is 8.68. The molecule has 0 atom stereocenters. The Hall–Kier alpha value is -2.05. The third kappa shape index (κ3) is 3.88. The van der Waals surface area contributed by atoms with Crippen molar-refractivity contribution in [2.75, 3.05) is 31.6 Å². The smallest absolute Gasteiger partial charge is 0.225 e. The summed E-state index contributed by atoms with van der Waals surface area (Å²) in [4.78, 5) is 14.1. The standard InChI is InChI=1S/C18H23N5S/c1-22(17(24)10-19)13-14-5-4-6-15(9-14)16-11-20-18(21-12-16)23-7-2-3-8-23/h4-6,9,11-12H,2-3,7-8,10,13,19H2,1H3. The summed E-state index contributed by atoms with van der Waals surface area (Å²) >= 11 is 5.25. The molecule has 1 aliphatic heterocycles. The van der Waals surface area contributed by atoms with Crippen molar-refractivity contribution in [1.82, 2.24) is 14.9 Å². The van der Waals surface area contributed by atoms with E-state index in [0.29, 0.717) is 6.54 Å². The Balaban J connectivity index is 1.74. The third-order valence-electron chi connectivity index (χ3n) is 4.31. The van der Waals surface area contributed by atoms with Gasteiger partial charge in [0.25, 0.3) is 0 Å². The average molecular weight is 341 g/mol. The number of hydrogen-bond acceptors (Lipinski definition) is 5. The molecule has 2 N–H and O–H groups in total. The molecule has 1 aromatic carbocycles. The molecular formula is C18H23N5S. The minimum absolute atomic E-state index is 0.400. The monoisotopic (exact) mass is 341 g/mol. The quantitative estimate of drug-likeness (QED) is 0.843. The lowest BCUT2D eigenvalue weighted by Crippen LogP contribution is -2.30. The van der Waals surface area contributed by atoms with E-state index < -0.39 is 0 Å². The van der Waals surface area contributed by atoms with Crippen molar-refractivity contribution in [3.05, 3.63) is 42.2 Å².